The highest BCUT2D eigenvalue weighted by Crippen LogP contribution is 2.30. The third-order valence-corrected chi connectivity index (χ3v) is 7.37. The van der Waals surface area contributed by atoms with Crippen molar-refractivity contribution in [3.05, 3.63) is 80.9 Å². The standard InChI is InChI=1S/C31H36ClN7O8/c1-4-5-13-26-33-28(32)27(30(40)45-21(3)46-31(41)44-18-9-8-10-20(2)47-39(42)43)38(26)19-22-14-16-23(17-15-22)24-11-6-7-12-25(24)29-34-36-37-35-29/h6-7,11-12,14-17,20-21H,4-5,8-10,13,18-19H2,1-3H3,(H,34,35,36,37)/t20-,21?/m0/s1. The topological polar surface area (TPSA) is 186 Å². The molecule has 0 aliphatic heterocycles. The molecular formula is C31H36ClN7O8. The molecular weight excluding hydrogens is 634 g/mol. The molecule has 2 aromatic heterocycles. The van der Waals surface area contributed by atoms with Gasteiger partial charge in [-0.3, -0.25) is 0 Å². The van der Waals surface area contributed by atoms with E-state index in [2.05, 4.69) is 37.4 Å². The number of carbonyl (C=O) groups excluding carboxylic acids is 2. The minimum Gasteiger partial charge on any atom is -0.434 e. The Morgan fingerprint density at radius 2 is 1.79 bits per heavy atom. The molecule has 0 bridgehead atoms. The number of aromatic nitrogens is 6. The van der Waals surface area contributed by atoms with E-state index in [-0.39, 0.29) is 17.5 Å². The van der Waals surface area contributed by atoms with E-state index in [1.807, 2.05) is 48.5 Å². The fraction of sp³-hybridized carbons (Fsp3) is 0.419. The maximum Gasteiger partial charge on any atom is 0.511 e. The molecule has 4 rings (SSSR count). The van der Waals surface area contributed by atoms with Gasteiger partial charge in [-0.05, 0) is 59.7 Å². The van der Waals surface area contributed by atoms with Crippen molar-refractivity contribution in [2.45, 2.75) is 78.2 Å². The third kappa shape index (κ3) is 9.97. The van der Waals surface area contributed by atoms with Crippen molar-refractivity contribution in [2.75, 3.05) is 6.61 Å². The summed E-state index contributed by atoms with van der Waals surface area (Å²) in [6, 6.07) is 15.6. The number of imidazole rings is 1. The summed E-state index contributed by atoms with van der Waals surface area (Å²) in [4.78, 5) is 44.7. The second-order valence-electron chi connectivity index (χ2n) is 10.7. The number of nitrogens with one attached hydrogen (secondary N) is 1. The zero-order valence-electron chi connectivity index (χ0n) is 26.3. The van der Waals surface area contributed by atoms with Crippen LogP contribution in [0.2, 0.25) is 5.15 Å². The molecule has 250 valence electrons. The van der Waals surface area contributed by atoms with Crippen molar-refractivity contribution in [3.8, 4) is 22.5 Å². The van der Waals surface area contributed by atoms with Crippen LogP contribution in [0.4, 0.5) is 4.79 Å². The number of rotatable bonds is 17. The molecule has 2 aromatic carbocycles. The number of H-pyrrole nitrogens is 1. The number of hydrogen-bond acceptors (Lipinski definition) is 12. The molecule has 0 saturated carbocycles. The van der Waals surface area contributed by atoms with Crippen LogP contribution in [-0.2, 0) is 32.0 Å². The lowest BCUT2D eigenvalue weighted by atomic mass is 9.98. The molecule has 1 unspecified atom stereocenters. The average Bonchev–Trinajstić information content (AvgIpc) is 3.68. The van der Waals surface area contributed by atoms with Crippen LogP contribution in [0.5, 0.6) is 0 Å². The maximum absolute atomic E-state index is 13.3. The van der Waals surface area contributed by atoms with Gasteiger partial charge in [0, 0.05) is 25.5 Å². The monoisotopic (exact) mass is 669 g/mol. The van der Waals surface area contributed by atoms with E-state index in [0.717, 1.165) is 35.1 Å². The summed E-state index contributed by atoms with van der Waals surface area (Å²) in [6.07, 6.45) is 0.869. The van der Waals surface area contributed by atoms with Gasteiger partial charge in [0.1, 0.15) is 11.9 Å². The molecule has 0 amide bonds. The van der Waals surface area contributed by atoms with Crippen LogP contribution in [0.15, 0.2) is 48.5 Å². The van der Waals surface area contributed by atoms with E-state index in [0.29, 0.717) is 43.9 Å². The molecule has 0 aliphatic rings. The van der Waals surface area contributed by atoms with Crippen LogP contribution in [0.25, 0.3) is 22.5 Å². The Kier molecular flexibility index (Phi) is 12.6. The van der Waals surface area contributed by atoms with E-state index >= 15 is 0 Å². The molecule has 15 nitrogen and oxygen atoms in total. The summed E-state index contributed by atoms with van der Waals surface area (Å²) in [6.45, 7) is 5.33. The first kappa shape index (κ1) is 34.8. The van der Waals surface area contributed by atoms with Gasteiger partial charge in [0.05, 0.1) is 6.61 Å². The normalized spacial score (nSPS) is 12.3. The van der Waals surface area contributed by atoms with E-state index in [1.54, 1.807) is 11.5 Å². The number of aryl methyl sites for hydroxylation is 1. The first-order valence-electron chi connectivity index (χ1n) is 15.2. The Balaban J connectivity index is 1.40. The fourth-order valence-electron chi connectivity index (χ4n) is 4.83. The van der Waals surface area contributed by atoms with Gasteiger partial charge in [0.2, 0.25) is 6.29 Å². The number of carbonyl (C=O) groups is 2. The molecule has 0 aliphatic carbocycles. The zero-order chi connectivity index (χ0) is 33.8. The summed E-state index contributed by atoms with van der Waals surface area (Å²) in [5.74, 6) is 0.374. The number of hydrogen-bond donors (Lipinski definition) is 1. The summed E-state index contributed by atoms with van der Waals surface area (Å²) >= 11 is 6.47. The molecule has 0 spiro atoms. The van der Waals surface area contributed by atoms with Crippen LogP contribution in [-0.4, -0.2) is 66.4 Å². The van der Waals surface area contributed by atoms with Crippen molar-refractivity contribution < 1.29 is 33.7 Å². The van der Waals surface area contributed by atoms with Crippen molar-refractivity contribution >= 4 is 23.7 Å². The number of tetrazole rings is 1. The van der Waals surface area contributed by atoms with Gasteiger partial charge in [-0.1, -0.05) is 73.5 Å². The quantitative estimate of drug-likeness (QED) is 0.0442. The molecule has 0 fully saturated rings. The average molecular weight is 670 g/mol. The van der Waals surface area contributed by atoms with Crippen molar-refractivity contribution in [2.24, 2.45) is 0 Å². The lowest BCUT2D eigenvalue weighted by molar-refractivity contribution is -0.767. The minimum absolute atomic E-state index is 0.0163. The highest BCUT2D eigenvalue weighted by molar-refractivity contribution is 6.32. The lowest BCUT2D eigenvalue weighted by Gasteiger charge is -2.16. The first-order valence-corrected chi connectivity index (χ1v) is 15.6. The minimum atomic E-state index is -1.28. The second-order valence-corrected chi connectivity index (χ2v) is 11.0. The van der Waals surface area contributed by atoms with Crippen LogP contribution in [0.1, 0.15) is 74.8 Å². The van der Waals surface area contributed by atoms with E-state index < -0.39 is 29.6 Å². The molecule has 1 N–H and O–H groups in total. The lowest BCUT2D eigenvalue weighted by Crippen LogP contribution is -2.24. The number of aromatic amines is 1. The van der Waals surface area contributed by atoms with Gasteiger partial charge in [0.15, 0.2) is 16.7 Å². The predicted molar refractivity (Wildman–Crippen MR) is 169 cm³/mol. The number of ether oxygens (including phenoxy) is 3. The largest absolute Gasteiger partial charge is 0.511 e. The number of nitrogens with zero attached hydrogens (tertiary/aromatic N) is 6. The fourth-order valence-corrected chi connectivity index (χ4v) is 5.11. The summed E-state index contributed by atoms with van der Waals surface area (Å²) in [5.41, 5.74) is 3.68. The first-order chi connectivity index (χ1) is 22.7. The van der Waals surface area contributed by atoms with Gasteiger partial charge < -0.3 is 23.6 Å². The van der Waals surface area contributed by atoms with Crippen molar-refractivity contribution in [3.63, 3.8) is 0 Å². The van der Waals surface area contributed by atoms with Crippen LogP contribution >= 0.6 is 11.6 Å². The Morgan fingerprint density at radius 1 is 1.04 bits per heavy atom. The number of benzene rings is 2. The molecule has 16 heteroatoms. The Bertz CT molecular complexity index is 1630. The molecule has 0 radical (unpaired) electrons. The highest BCUT2D eigenvalue weighted by atomic mass is 35.5. The SMILES string of the molecule is CCCCc1nc(Cl)c(C(=O)OC(C)OC(=O)OCCCC[C@H](C)O[N+](=O)[O-])n1Cc1ccc(-c2ccccc2-c2nnn[nH]2)cc1. The summed E-state index contributed by atoms with van der Waals surface area (Å²) < 4.78 is 17.2. The molecule has 2 atom stereocenters. The Morgan fingerprint density at radius 3 is 2.47 bits per heavy atom. The van der Waals surface area contributed by atoms with Gasteiger partial charge in [-0.25, -0.2) is 19.7 Å². The van der Waals surface area contributed by atoms with Crippen molar-refractivity contribution in [1.82, 2.24) is 30.2 Å². The smallest absolute Gasteiger partial charge is 0.434 e. The molecule has 4 aromatic rings. The van der Waals surface area contributed by atoms with E-state index in [9.17, 15) is 19.7 Å². The Labute approximate surface area is 275 Å². The number of halogens is 1. The second kappa shape index (κ2) is 17.0. The van der Waals surface area contributed by atoms with Gasteiger partial charge in [0.25, 0.3) is 5.09 Å². The zero-order valence-corrected chi connectivity index (χ0v) is 27.0. The summed E-state index contributed by atoms with van der Waals surface area (Å²) in [7, 11) is 0. The number of esters is 1. The molecule has 2 heterocycles. The van der Waals surface area contributed by atoms with Gasteiger partial charge >= 0.3 is 12.1 Å². The van der Waals surface area contributed by atoms with E-state index in [1.165, 1.54) is 6.92 Å². The molecule has 47 heavy (non-hydrogen) atoms. The van der Waals surface area contributed by atoms with Gasteiger partial charge in [-0.2, -0.15) is 0 Å². The maximum atomic E-state index is 13.3. The Hall–Kier alpha value is -5.05. The third-order valence-electron chi connectivity index (χ3n) is 7.11. The van der Waals surface area contributed by atoms with Crippen molar-refractivity contribution in [1.29, 1.82) is 0 Å². The number of unbranched alkanes of at least 4 members (excludes halogenated alkanes) is 2. The van der Waals surface area contributed by atoms with Crippen LogP contribution < -0.4 is 0 Å². The van der Waals surface area contributed by atoms with Crippen LogP contribution in [0, 0.1) is 10.1 Å². The van der Waals surface area contributed by atoms with Gasteiger partial charge in [-0.15, -0.1) is 15.2 Å². The predicted octanol–water partition coefficient (Wildman–Crippen LogP) is 6.20. The highest BCUT2D eigenvalue weighted by Gasteiger charge is 2.26. The molecule has 0 saturated heterocycles. The van der Waals surface area contributed by atoms with Crippen LogP contribution in [0.3, 0.4) is 0 Å². The van der Waals surface area contributed by atoms with E-state index in [4.69, 9.17) is 25.8 Å². The summed E-state index contributed by atoms with van der Waals surface area (Å²) in [5, 5.41) is 23.7.